The predicted molar refractivity (Wildman–Crippen MR) is 83.3 cm³/mol. The van der Waals surface area contributed by atoms with E-state index < -0.39 is 0 Å². The zero-order chi connectivity index (χ0) is 15.2. The van der Waals surface area contributed by atoms with Gasteiger partial charge in [0.2, 0.25) is 11.7 Å². The lowest BCUT2D eigenvalue weighted by Gasteiger charge is -2.07. The summed E-state index contributed by atoms with van der Waals surface area (Å²) in [4.78, 5) is 4.38. The van der Waals surface area contributed by atoms with Crippen LogP contribution in [0.25, 0.3) is 11.4 Å². The summed E-state index contributed by atoms with van der Waals surface area (Å²) < 4.78 is 10.6. The van der Waals surface area contributed by atoms with E-state index in [1.165, 1.54) is 0 Å². The van der Waals surface area contributed by atoms with E-state index in [1.807, 2.05) is 54.6 Å². The minimum absolute atomic E-state index is 0.512. The first-order valence-electron chi connectivity index (χ1n) is 7.07. The average molecular weight is 295 g/mol. The van der Waals surface area contributed by atoms with Crippen LogP contribution in [0.1, 0.15) is 11.5 Å². The van der Waals surface area contributed by atoms with Crippen LogP contribution in [-0.2, 0) is 13.1 Å². The van der Waals surface area contributed by atoms with Gasteiger partial charge in [0, 0.05) is 17.7 Å². The van der Waals surface area contributed by atoms with Gasteiger partial charge >= 0.3 is 0 Å². The molecule has 22 heavy (non-hydrogen) atoms. The van der Waals surface area contributed by atoms with Gasteiger partial charge in [-0.25, -0.2) is 0 Å². The van der Waals surface area contributed by atoms with Crippen molar-refractivity contribution in [3.05, 3.63) is 66.1 Å². The number of aromatic nitrogens is 2. The van der Waals surface area contributed by atoms with Crippen LogP contribution in [-0.4, -0.2) is 17.3 Å². The maximum Gasteiger partial charge on any atom is 0.240 e. The number of methoxy groups -OCH3 is 1. The van der Waals surface area contributed by atoms with E-state index >= 15 is 0 Å². The molecule has 0 unspecified atom stereocenters. The summed E-state index contributed by atoms with van der Waals surface area (Å²) in [6.07, 6.45) is 0. The van der Waals surface area contributed by atoms with Crippen molar-refractivity contribution in [3.8, 4) is 17.1 Å². The molecule has 0 aliphatic carbocycles. The van der Waals surface area contributed by atoms with Gasteiger partial charge in [0.25, 0.3) is 0 Å². The number of ether oxygens (including phenoxy) is 1. The summed E-state index contributed by atoms with van der Waals surface area (Å²) >= 11 is 0. The number of nitrogens with one attached hydrogen (secondary N) is 1. The molecule has 5 heteroatoms. The van der Waals surface area contributed by atoms with E-state index in [2.05, 4.69) is 15.5 Å². The van der Waals surface area contributed by atoms with Crippen LogP contribution in [0.2, 0.25) is 0 Å². The standard InChI is InChI=1S/C17H17N3O2/c1-21-15-10-6-5-9-14(15)11-18-12-16-19-17(20-22-16)13-7-3-2-4-8-13/h2-10,18H,11-12H2,1H3. The Balaban J connectivity index is 1.60. The molecule has 0 aliphatic rings. The van der Waals surface area contributed by atoms with Crippen molar-refractivity contribution >= 4 is 0 Å². The van der Waals surface area contributed by atoms with Gasteiger partial charge in [0.05, 0.1) is 13.7 Å². The number of para-hydroxylation sites is 1. The summed E-state index contributed by atoms with van der Waals surface area (Å²) in [5, 5.41) is 7.28. The van der Waals surface area contributed by atoms with Crippen molar-refractivity contribution < 1.29 is 9.26 Å². The molecule has 0 bridgehead atoms. The monoisotopic (exact) mass is 295 g/mol. The second-order valence-electron chi connectivity index (χ2n) is 4.79. The van der Waals surface area contributed by atoms with Gasteiger partial charge in [0.15, 0.2) is 0 Å². The Morgan fingerprint density at radius 3 is 2.59 bits per heavy atom. The zero-order valence-electron chi connectivity index (χ0n) is 12.3. The molecule has 0 atom stereocenters. The Morgan fingerprint density at radius 1 is 1.00 bits per heavy atom. The molecule has 0 saturated carbocycles. The van der Waals surface area contributed by atoms with Gasteiger partial charge in [-0.05, 0) is 6.07 Å². The predicted octanol–water partition coefficient (Wildman–Crippen LogP) is 3.04. The van der Waals surface area contributed by atoms with Crippen molar-refractivity contribution in [3.63, 3.8) is 0 Å². The van der Waals surface area contributed by atoms with Crippen LogP contribution in [0.15, 0.2) is 59.1 Å². The van der Waals surface area contributed by atoms with Crippen LogP contribution in [0.3, 0.4) is 0 Å². The third-order valence-electron chi connectivity index (χ3n) is 3.28. The quantitative estimate of drug-likeness (QED) is 0.757. The molecule has 0 radical (unpaired) electrons. The van der Waals surface area contributed by atoms with Crippen LogP contribution in [0.5, 0.6) is 5.75 Å². The second kappa shape index (κ2) is 6.87. The molecule has 2 aromatic carbocycles. The van der Waals surface area contributed by atoms with E-state index in [-0.39, 0.29) is 0 Å². The maximum absolute atomic E-state index is 5.32. The van der Waals surface area contributed by atoms with Gasteiger partial charge in [-0.3, -0.25) is 0 Å². The third kappa shape index (κ3) is 3.32. The lowest BCUT2D eigenvalue weighted by atomic mass is 10.2. The Bertz CT molecular complexity index is 726. The van der Waals surface area contributed by atoms with Crippen molar-refractivity contribution in [2.24, 2.45) is 0 Å². The molecule has 0 saturated heterocycles. The van der Waals surface area contributed by atoms with E-state index in [0.717, 1.165) is 16.9 Å². The molecular formula is C17H17N3O2. The fourth-order valence-electron chi connectivity index (χ4n) is 2.18. The Hall–Kier alpha value is -2.66. The van der Waals surface area contributed by atoms with E-state index in [4.69, 9.17) is 9.26 Å². The van der Waals surface area contributed by atoms with Crippen LogP contribution >= 0.6 is 0 Å². The molecule has 3 rings (SSSR count). The number of rotatable bonds is 6. The van der Waals surface area contributed by atoms with Gasteiger partial charge in [0.1, 0.15) is 5.75 Å². The van der Waals surface area contributed by atoms with Crippen LogP contribution in [0, 0.1) is 0 Å². The highest BCUT2D eigenvalue weighted by atomic mass is 16.5. The van der Waals surface area contributed by atoms with Crippen molar-refractivity contribution in [1.82, 2.24) is 15.5 Å². The smallest absolute Gasteiger partial charge is 0.240 e. The van der Waals surface area contributed by atoms with Gasteiger partial charge in [-0.2, -0.15) is 4.98 Å². The van der Waals surface area contributed by atoms with Crippen molar-refractivity contribution in [1.29, 1.82) is 0 Å². The fraction of sp³-hybridized carbons (Fsp3) is 0.176. The van der Waals surface area contributed by atoms with Gasteiger partial charge < -0.3 is 14.6 Å². The number of nitrogens with zero attached hydrogens (tertiary/aromatic N) is 2. The fourth-order valence-corrected chi connectivity index (χ4v) is 2.18. The summed E-state index contributed by atoms with van der Waals surface area (Å²) in [6.45, 7) is 1.19. The Kier molecular flexibility index (Phi) is 4.46. The van der Waals surface area contributed by atoms with E-state index in [0.29, 0.717) is 24.8 Å². The van der Waals surface area contributed by atoms with E-state index in [1.54, 1.807) is 7.11 Å². The van der Waals surface area contributed by atoms with E-state index in [9.17, 15) is 0 Å². The molecule has 5 nitrogen and oxygen atoms in total. The first kappa shape index (κ1) is 14.3. The number of benzene rings is 2. The molecule has 0 aliphatic heterocycles. The normalized spacial score (nSPS) is 10.6. The maximum atomic E-state index is 5.32. The highest BCUT2D eigenvalue weighted by molar-refractivity contribution is 5.53. The van der Waals surface area contributed by atoms with Crippen LogP contribution in [0.4, 0.5) is 0 Å². The molecule has 112 valence electrons. The van der Waals surface area contributed by atoms with Crippen molar-refractivity contribution in [2.75, 3.05) is 7.11 Å². The first-order chi connectivity index (χ1) is 10.9. The second-order valence-corrected chi connectivity index (χ2v) is 4.79. The highest BCUT2D eigenvalue weighted by Gasteiger charge is 2.08. The summed E-state index contributed by atoms with van der Waals surface area (Å²) in [5.41, 5.74) is 2.04. The molecule has 3 aromatic rings. The molecule has 0 spiro atoms. The molecule has 1 aromatic heterocycles. The molecular weight excluding hydrogens is 278 g/mol. The SMILES string of the molecule is COc1ccccc1CNCc1nc(-c2ccccc2)no1. The third-order valence-corrected chi connectivity index (χ3v) is 3.28. The number of hydrogen-bond donors (Lipinski definition) is 1. The van der Waals surface area contributed by atoms with Gasteiger partial charge in [-0.1, -0.05) is 53.7 Å². The highest BCUT2D eigenvalue weighted by Crippen LogP contribution is 2.17. The average Bonchev–Trinajstić information content (AvgIpc) is 3.05. The molecule has 0 amide bonds. The summed E-state index contributed by atoms with van der Waals surface area (Å²) in [5.74, 6) is 2.04. The Labute approximate surface area is 128 Å². The number of hydrogen-bond acceptors (Lipinski definition) is 5. The van der Waals surface area contributed by atoms with Crippen LogP contribution < -0.4 is 10.1 Å². The molecule has 1 N–H and O–H groups in total. The van der Waals surface area contributed by atoms with Gasteiger partial charge in [-0.15, -0.1) is 0 Å². The summed E-state index contributed by atoms with van der Waals surface area (Å²) in [7, 11) is 1.67. The minimum atomic E-state index is 0.512. The first-order valence-corrected chi connectivity index (χ1v) is 7.07. The lowest BCUT2D eigenvalue weighted by molar-refractivity contribution is 0.366. The lowest BCUT2D eigenvalue weighted by Crippen LogP contribution is -2.13. The van der Waals surface area contributed by atoms with Crippen molar-refractivity contribution in [2.45, 2.75) is 13.1 Å². The minimum Gasteiger partial charge on any atom is -0.496 e. The topological polar surface area (TPSA) is 60.2 Å². The molecule has 1 heterocycles. The molecule has 0 fully saturated rings. The zero-order valence-corrected chi connectivity index (χ0v) is 12.3. The summed E-state index contributed by atoms with van der Waals surface area (Å²) in [6, 6.07) is 17.7. The Morgan fingerprint density at radius 2 is 1.77 bits per heavy atom. The largest absolute Gasteiger partial charge is 0.496 e.